The molecule has 0 spiro atoms. The summed E-state index contributed by atoms with van der Waals surface area (Å²) >= 11 is 3.27. The van der Waals surface area contributed by atoms with Gasteiger partial charge in [-0.05, 0) is 23.9 Å². The van der Waals surface area contributed by atoms with Crippen molar-refractivity contribution >= 4 is 33.3 Å². The molecule has 5 heteroatoms. The van der Waals surface area contributed by atoms with Gasteiger partial charge in [0.2, 0.25) is 5.17 Å². The van der Waals surface area contributed by atoms with Crippen molar-refractivity contribution in [2.24, 2.45) is 15.2 Å². The van der Waals surface area contributed by atoms with Crippen molar-refractivity contribution < 1.29 is 0 Å². The van der Waals surface area contributed by atoms with E-state index in [0.29, 0.717) is 0 Å². The van der Waals surface area contributed by atoms with Crippen LogP contribution < -0.4 is 0 Å². The van der Waals surface area contributed by atoms with E-state index in [9.17, 15) is 0 Å². The van der Waals surface area contributed by atoms with Gasteiger partial charge in [-0.3, -0.25) is 4.99 Å². The number of thiophene rings is 1. The minimum absolute atomic E-state index is 0.813. The summed E-state index contributed by atoms with van der Waals surface area (Å²) in [5.41, 5.74) is 1.18. The van der Waals surface area contributed by atoms with Crippen molar-refractivity contribution in [2.75, 3.05) is 12.3 Å². The van der Waals surface area contributed by atoms with Crippen molar-refractivity contribution in [2.45, 2.75) is 6.92 Å². The topological polar surface area (TPSA) is 37.1 Å². The van der Waals surface area contributed by atoms with Crippen LogP contribution >= 0.6 is 23.1 Å². The highest BCUT2D eigenvalue weighted by Crippen LogP contribution is 2.26. The lowest BCUT2D eigenvalue weighted by Crippen LogP contribution is -1.76. The molecule has 1 aromatic rings. The van der Waals surface area contributed by atoms with Crippen LogP contribution in [0.15, 0.2) is 26.7 Å². The monoisotopic (exact) mass is 211 g/mol. The van der Waals surface area contributed by atoms with E-state index >= 15 is 0 Å². The van der Waals surface area contributed by atoms with Crippen LogP contribution in [0.3, 0.4) is 0 Å². The predicted molar refractivity (Wildman–Crippen MR) is 58.3 cm³/mol. The van der Waals surface area contributed by atoms with Gasteiger partial charge in [0.1, 0.15) is 5.00 Å². The fourth-order valence-electron chi connectivity index (χ4n) is 0.940. The molecule has 0 fully saturated rings. The molecule has 3 nitrogen and oxygen atoms in total. The molecule has 68 valence electrons. The second kappa shape index (κ2) is 4.02. The first-order valence-corrected chi connectivity index (χ1v) is 5.86. The summed E-state index contributed by atoms with van der Waals surface area (Å²) in [5.74, 6) is 1.04. The number of hydrogen-bond acceptors (Lipinski definition) is 5. The zero-order chi connectivity index (χ0) is 9.10. The van der Waals surface area contributed by atoms with Crippen molar-refractivity contribution in [3.05, 3.63) is 17.0 Å². The number of nitrogens with zero attached hydrogens (tertiary/aromatic N) is 3. The summed E-state index contributed by atoms with van der Waals surface area (Å²) in [5, 5.41) is 12.0. The number of amidine groups is 1. The maximum Gasteiger partial charge on any atom is 0.204 e. The van der Waals surface area contributed by atoms with Gasteiger partial charge in [0, 0.05) is 5.75 Å². The van der Waals surface area contributed by atoms with E-state index in [1.54, 1.807) is 23.1 Å². The standard InChI is InChI=1S/C8H9N3S2/c1-6-2-4-12-7(6)10-11-8-9-3-5-13-8/h2,4H,3,5H2,1H3. The molecule has 13 heavy (non-hydrogen) atoms. The number of hydrogen-bond donors (Lipinski definition) is 0. The highest BCUT2D eigenvalue weighted by Gasteiger charge is 2.05. The van der Waals surface area contributed by atoms with Gasteiger partial charge in [0.05, 0.1) is 6.54 Å². The second-order valence-electron chi connectivity index (χ2n) is 2.62. The molecule has 0 aromatic carbocycles. The number of thioether (sulfide) groups is 1. The molecule has 1 aromatic heterocycles. The quantitative estimate of drug-likeness (QED) is 0.657. The zero-order valence-corrected chi connectivity index (χ0v) is 8.86. The van der Waals surface area contributed by atoms with Gasteiger partial charge in [0.25, 0.3) is 0 Å². The molecule has 0 N–H and O–H groups in total. The van der Waals surface area contributed by atoms with Gasteiger partial charge < -0.3 is 0 Å². The van der Waals surface area contributed by atoms with Crippen LogP contribution in [0.25, 0.3) is 0 Å². The van der Waals surface area contributed by atoms with Crippen LogP contribution in [0, 0.1) is 6.92 Å². The Labute approximate surface area is 85.0 Å². The Kier molecular flexibility index (Phi) is 2.75. The van der Waals surface area contributed by atoms with Crippen LogP contribution in [-0.4, -0.2) is 17.5 Å². The molecule has 1 aliphatic heterocycles. The van der Waals surface area contributed by atoms with Crippen molar-refractivity contribution in [1.29, 1.82) is 0 Å². The Morgan fingerprint density at radius 1 is 1.46 bits per heavy atom. The zero-order valence-electron chi connectivity index (χ0n) is 7.23. The van der Waals surface area contributed by atoms with E-state index in [1.807, 2.05) is 18.4 Å². The molecular formula is C8H9N3S2. The molecule has 1 aliphatic rings. The van der Waals surface area contributed by atoms with Crippen molar-refractivity contribution in [3.8, 4) is 0 Å². The summed E-state index contributed by atoms with van der Waals surface area (Å²) < 4.78 is 0. The Morgan fingerprint density at radius 3 is 3.00 bits per heavy atom. The average molecular weight is 211 g/mol. The molecule has 0 radical (unpaired) electrons. The highest BCUT2D eigenvalue weighted by atomic mass is 32.2. The SMILES string of the molecule is Cc1ccsc1N=NC1=NCCS1. The molecular weight excluding hydrogens is 202 g/mol. The minimum atomic E-state index is 0.813. The first-order chi connectivity index (χ1) is 6.36. The van der Waals surface area contributed by atoms with Crippen LogP contribution in [0.5, 0.6) is 0 Å². The van der Waals surface area contributed by atoms with Crippen LogP contribution in [-0.2, 0) is 0 Å². The summed E-state index contributed by atoms with van der Waals surface area (Å²) in [7, 11) is 0. The summed E-state index contributed by atoms with van der Waals surface area (Å²) in [6, 6.07) is 2.04. The van der Waals surface area contributed by atoms with E-state index in [2.05, 4.69) is 15.2 Å². The molecule has 0 bridgehead atoms. The molecule has 0 unspecified atom stereocenters. The highest BCUT2D eigenvalue weighted by molar-refractivity contribution is 8.14. The second-order valence-corrected chi connectivity index (χ2v) is 4.58. The van der Waals surface area contributed by atoms with E-state index in [1.165, 1.54) is 5.56 Å². The molecule has 0 aliphatic carbocycles. The smallest absolute Gasteiger partial charge is 0.204 e. The maximum atomic E-state index is 4.19. The van der Waals surface area contributed by atoms with Gasteiger partial charge in [-0.1, -0.05) is 11.8 Å². The largest absolute Gasteiger partial charge is 0.258 e. The van der Waals surface area contributed by atoms with Crippen molar-refractivity contribution in [1.82, 2.24) is 0 Å². The third kappa shape index (κ3) is 2.16. The predicted octanol–water partition coefficient (Wildman–Crippen LogP) is 3.24. The molecule has 2 rings (SSSR count). The van der Waals surface area contributed by atoms with Crippen molar-refractivity contribution in [3.63, 3.8) is 0 Å². The molecule has 2 heterocycles. The summed E-state index contributed by atoms with van der Waals surface area (Å²) in [4.78, 5) is 4.19. The van der Waals surface area contributed by atoms with Gasteiger partial charge in [0.15, 0.2) is 0 Å². The Hall–Kier alpha value is -0.680. The number of azo groups is 1. The molecule has 0 saturated carbocycles. The lowest BCUT2D eigenvalue weighted by atomic mass is 10.4. The van der Waals surface area contributed by atoms with E-state index in [4.69, 9.17) is 0 Å². The number of rotatable bonds is 1. The first-order valence-electron chi connectivity index (χ1n) is 3.99. The van der Waals surface area contributed by atoms with Gasteiger partial charge >= 0.3 is 0 Å². The summed E-state index contributed by atoms with van der Waals surface area (Å²) in [6.07, 6.45) is 0. The average Bonchev–Trinajstić information content (AvgIpc) is 2.72. The minimum Gasteiger partial charge on any atom is -0.258 e. The lowest BCUT2D eigenvalue weighted by molar-refractivity contribution is 1.16. The summed E-state index contributed by atoms with van der Waals surface area (Å²) in [6.45, 7) is 2.91. The first kappa shape index (κ1) is 8.90. The molecule has 0 saturated heterocycles. The number of aryl methyl sites for hydroxylation is 1. The van der Waals surface area contributed by atoms with Gasteiger partial charge in [-0.2, -0.15) is 0 Å². The molecule has 0 atom stereocenters. The number of aliphatic imine (C=N–C) groups is 1. The molecule has 0 amide bonds. The normalized spacial score (nSPS) is 16.8. The maximum absolute atomic E-state index is 4.19. The lowest BCUT2D eigenvalue weighted by Gasteiger charge is -1.88. The van der Waals surface area contributed by atoms with Gasteiger partial charge in [-0.15, -0.1) is 21.6 Å². The third-order valence-electron chi connectivity index (χ3n) is 1.63. The van der Waals surface area contributed by atoms with E-state index < -0.39 is 0 Å². The Morgan fingerprint density at radius 2 is 2.38 bits per heavy atom. The Bertz CT molecular complexity index is 354. The van der Waals surface area contributed by atoms with E-state index in [0.717, 1.165) is 22.5 Å². The van der Waals surface area contributed by atoms with Gasteiger partial charge in [-0.25, -0.2) is 0 Å². The van der Waals surface area contributed by atoms with E-state index in [-0.39, 0.29) is 0 Å². The van der Waals surface area contributed by atoms with Crippen LogP contribution in [0.4, 0.5) is 5.00 Å². The fourth-order valence-corrected chi connectivity index (χ4v) is 2.33. The Balaban J connectivity index is 2.09. The fraction of sp³-hybridized carbons (Fsp3) is 0.375. The van der Waals surface area contributed by atoms with Crippen LogP contribution in [0.2, 0.25) is 0 Å². The third-order valence-corrected chi connectivity index (χ3v) is 3.39. The van der Waals surface area contributed by atoms with Crippen LogP contribution in [0.1, 0.15) is 5.56 Å².